The first-order valence-electron chi connectivity index (χ1n) is 16.1. The predicted molar refractivity (Wildman–Crippen MR) is 189 cm³/mol. The molecule has 0 spiro atoms. The monoisotopic (exact) mass is 678 g/mol. The van der Waals surface area contributed by atoms with Crippen molar-refractivity contribution >= 4 is 56.0 Å². The Hall–Kier alpha value is -6.95. The van der Waals surface area contributed by atoms with Gasteiger partial charge in [-0.3, -0.25) is 14.2 Å². The SMILES string of the molecule is Cc1ccc2c(-c3cnc4[nH]cc(C(=O)NC5(C#N)CC5)c4n3)nn(C)c2c1.Cc1ccc2c(-c3cnc4[nH]cc(C(=O)O)c4n3)nn(C)c2c1. The highest BCUT2D eigenvalue weighted by Gasteiger charge is 2.45. The van der Waals surface area contributed by atoms with Crippen LogP contribution in [0.3, 0.4) is 0 Å². The van der Waals surface area contributed by atoms with Crippen LogP contribution < -0.4 is 5.32 Å². The molecular weight excluding hydrogens is 648 g/mol. The summed E-state index contributed by atoms with van der Waals surface area (Å²) >= 11 is 0. The maximum absolute atomic E-state index is 12.7. The summed E-state index contributed by atoms with van der Waals surface area (Å²) < 4.78 is 3.61. The van der Waals surface area contributed by atoms with Crippen LogP contribution in [0.4, 0.5) is 0 Å². The molecule has 0 atom stereocenters. The smallest absolute Gasteiger partial charge is 0.339 e. The van der Waals surface area contributed by atoms with E-state index in [4.69, 9.17) is 0 Å². The lowest BCUT2D eigenvalue weighted by Gasteiger charge is -2.07. The lowest BCUT2D eigenvalue weighted by Crippen LogP contribution is -2.35. The highest BCUT2D eigenvalue weighted by Crippen LogP contribution is 2.35. The number of aromatic amines is 2. The van der Waals surface area contributed by atoms with E-state index in [2.05, 4.69) is 63.6 Å². The van der Waals surface area contributed by atoms with E-state index >= 15 is 0 Å². The number of H-pyrrole nitrogens is 2. The highest BCUT2D eigenvalue weighted by atomic mass is 16.4. The van der Waals surface area contributed by atoms with E-state index in [1.807, 2.05) is 56.9 Å². The molecule has 0 radical (unpaired) electrons. The van der Waals surface area contributed by atoms with E-state index in [0.717, 1.165) is 38.6 Å². The van der Waals surface area contributed by atoms with Crippen LogP contribution in [0.15, 0.2) is 61.2 Å². The number of hydrogen-bond acceptors (Lipinski definition) is 9. The minimum Gasteiger partial charge on any atom is -0.478 e. The quantitative estimate of drug-likeness (QED) is 0.189. The summed E-state index contributed by atoms with van der Waals surface area (Å²) in [5, 5.41) is 32.3. The van der Waals surface area contributed by atoms with Gasteiger partial charge in [0.1, 0.15) is 44.9 Å². The number of aromatic nitrogens is 10. The molecular formula is C36H30N12O3. The number of carboxylic acids is 1. The number of carboxylic acid groups (broad SMARTS) is 1. The molecule has 15 nitrogen and oxygen atoms in total. The number of hydrogen-bond donors (Lipinski definition) is 4. The van der Waals surface area contributed by atoms with Gasteiger partial charge >= 0.3 is 5.97 Å². The second kappa shape index (κ2) is 11.6. The summed E-state index contributed by atoms with van der Waals surface area (Å²) in [5.74, 6) is -1.36. The van der Waals surface area contributed by atoms with Crippen molar-refractivity contribution in [3.8, 4) is 28.8 Å². The molecule has 1 amide bonds. The number of aromatic carboxylic acids is 1. The van der Waals surface area contributed by atoms with Crippen LogP contribution in [0.5, 0.6) is 0 Å². The van der Waals surface area contributed by atoms with Gasteiger partial charge in [0.05, 0.1) is 35.1 Å². The van der Waals surface area contributed by atoms with Crippen molar-refractivity contribution in [2.45, 2.75) is 32.2 Å². The van der Waals surface area contributed by atoms with Crippen LogP contribution in [-0.4, -0.2) is 72.0 Å². The van der Waals surface area contributed by atoms with E-state index in [0.29, 0.717) is 57.8 Å². The van der Waals surface area contributed by atoms with Crippen LogP contribution in [0, 0.1) is 25.2 Å². The molecule has 252 valence electrons. The number of benzene rings is 2. The predicted octanol–water partition coefficient (Wildman–Crippen LogP) is 5.12. The summed E-state index contributed by atoms with van der Waals surface area (Å²) in [6.45, 7) is 4.06. The molecule has 8 aromatic rings. The standard InChI is InChI=1S/C20H17N7O.C16H13N5O2/c1-11-3-4-12-15(7-11)27(2)26-16(12)14-9-23-18-17(24-14)13(8-22-18)19(28)25-20(10-21)5-6-20;1-8-3-4-9-12(5-8)21(2)20-13(9)11-7-18-15-14(19-11)10(6-17-15)16(22)23/h3-4,7-9H,5-6H2,1-2H3,(H,22,23)(H,25,28);3-7H,1-2H3,(H,17,18)(H,22,23). The van der Waals surface area contributed by atoms with Gasteiger partial charge in [-0.25, -0.2) is 24.7 Å². The fraction of sp³-hybridized carbons (Fsp3) is 0.194. The highest BCUT2D eigenvalue weighted by molar-refractivity contribution is 6.06. The van der Waals surface area contributed by atoms with E-state index in [1.54, 1.807) is 23.3 Å². The minimum absolute atomic E-state index is 0.102. The summed E-state index contributed by atoms with van der Waals surface area (Å²) in [6, 6.07) is 14.4. The maximum Gasteiger partial charge on any atom is 0.339 e. The number of carbonyl (C=O) groups is 2. The van der Waals surface area contributed by atoms with Gasteiger partial charge in [-0.1, -0.05) is 24.3 Å². The molecule has 4 N–H and O–H groups in total. The Morgan fingerprint density at radius 1 is 0.824 bits per heavy atom. The van der Waals surface area contributed by atoms with Gasteiger partial charge in [0.2, 0.25) is 0 Å². The third kappa shape index (κ3) is 5.39. The fourth-order valence-electron chi connectivity index (χ4n) is 6.13. The van der Waals surface area contributed by atoms with Crippen LogP contribution in [0.1, 0.15) is 44.7 Å². The Kier molecular flexibility index (Phi) is 7.12. The number of amides is 1. The van der Waals surface area contributed by atoms with Crippen molar-refractivity contribution in [2.24, 2.45) is 14.1 Å². The largest absolute Gasteiger partial charge is 0.478 e. The van der Waals surface area contributed by atoms with Gasteiger partial charge < -0.3 is 20.4 Å². The van der Waals surface area contributed by atoms with Crippen molar-refractivity contribution in [1.29, 1.82) is 5.26 Å². The third-order valence-corrected chi connectivity index (χ3v) is 9.05. The molecule has 0 unspecified atom stereocenters. The molecule has 9 rings (SSSR count). The molecule has 0 saturated heterocycles. The van der Waals surface area contributed by atoms with Crippen molar-refractivity contribution in [3.63, 3.8) is 0 Å². The average Bonchev–Trinajstić information content (AvgIpc) is 3.41. The van der Waals surface area contributed by atoms with E-state index in [9.17, 15) is 20.0 Å². The number of rotatable bonds is 5. The van der Waals surface area contributed by atoms with Crippen molar-refractivity contribution < 1.29 is 14.7 Å². The molecule has 6 aromatic heterocycles. The van der Waals surface area contributed by atoms with Crippen LogP contribution in [0.25, 0.3) is 66.9 Å². The van der Waals surface area contributed by atoms with Crippen molar-refractivity contribution in [3.05, 3.63) is 83.4 Å². The molecule has 51 heavy (non-hydrogen) atoms. The number of fused-ring (bicyclic) bond motifs is 4. The maximum atomic E-state index is 12.7. The van der Waals surface area contributed by atoms with Gasteiger partial charge in [0.15, 0.2) is 11.3 Å². The zero-order valence-electron chi connectivity index (χ0n) is 28.0. The van der Waals surface area contributed by atoms with Crippen molar-refractivity contribution in [2.75, 3.05) is 0 Å². The van der Waals surface area contributed by atoms with E-state index in [1.165, 1.54) is 6.20 Å². The first-order chi connectivity index (χ1) is 24.5. The Labute approximate surface area is 289 Å². The Morgan fingerprint density at radius 2 is 1.31 bits per heavy atom. The summed E-state index contributed by atoms with van der Waals surface area (Å²) in [4.78, 5) is 47.5. The molecule has 0 bridgehead atoms. The topological polar surface area (TPSA) is 209 Å². The first kappa shape index (κ1) is 31.3. The minimum atomic E-state index is -1.04. The molecule has 6 heterocycles. The van der Waals surface area contributed by atoms with Crippen LogP contribution >= 0.6 is 0 Å². The van der Waals surface area contributed by atoms with Crippen molar-refractivity contribution in [1.82, 2.24) is 54.8 Å². The summed E-state index contributed by atoms with van der Waals surface area (Å²) in [5.41, 5.74) is 8.36. The van der Waals surface area contributed by atoms with Crippen LogP contribution in [0.2, 0.25) is 0 Å². The number of aryl methyl sites for hydroxylation is 4. The van der Waals surface area contributed by atoms with E-state index in [-0.39, 0.29) is 11.5 Å². The second-order valence-electron chi connectivity index (χ2n) is 12.7. The summed E-state index contributed by atoms with van der Waals surface area (Å²) in [6.07, 6.45) is 7.58. The number of carbonyl (C=O) groups excluding carboxylic acids is 1. The Bertz CT molecular complexity index is 2760. The van der Waals surface area contributed by atoms with Crippen LogP contribution in [-0.2, 0) is 14.1 Å². The molecule has 1 aliphatic carbocycles. The number of nitrogens with zero attached hydrogens (tertiary/aromatic N) is 9. The second-order valence-corrected chi connectivity index (χ2v) is 12.7. The van der Waals surface area contributed by atoms with E-state index < -0.39 is 11.5 Å². The lowest BCUT2D eigenvalue weighted by atomic mass is 10.1. The van der Waals surface area contributed by atoms with Gasteiger partial charge in [-0.2, -0.15) is 15.5 Å². The average molecular weight is 679 g/mol. The zero-order valence-corrected chi connectivity index (χ0v) is 28.0. The lowest BCUT2D eigenvalue weighted by molar-refractivity contribution is 0.0698. The molecule has 15 heteroatoms. The van der Waals surface area contributed by atoms with Gasteiger partial charge in [-0.05, 0) is 49.9 Å². The fourth-order valence-corrected chi connectivity index (χ4v) is 6.13. The summed E-state index contributed by atoms with van der Waals surface area (Å²) in [7, 11) is 3.76. The third-order valence-electron chi connectivity index (χ3n) is 9.05. The molecule has 1 fully saturated rings. The normalized spacial score (nSPS) is 13.3. The molecule has 1 aliphatic rings. The zero-order chi connectivity index (χ0) is 35.6. The Morgan fingerprint density at radius 3 is 1.78 bits per heavy atom. The van der Waals surface area contributed by atoms with Gasteiger partial charge in [-0.15, -0.1) is 0 Å². The number of nitrogens with one attached hydrogen (secondary N) is 3. The number of nitriles is 1. The molecule has 2 aromatic carbocycles. The first-order valence-corrected chi connectivity index (χ1v) is 16.1. The Balaban J connectivity index is 0.000000150. The van der Waals surface area contributed by atoms with Gasteiger partial charge in [0, 0.05) is 37.3 Å². The molecule has 0 aliphatic heterocycles. The molecule has 1 saturated carbocycles. The van der Waals surface area contributed by atoms with Gasteiger partial charge in [0.25, 0.3) is 5.91 Å².